The predicted molar refractivity (Wildman–Crippen MR) is 76.7 cm³/mol. The third-order valence-corrected chi connectivity index (χ3v) is 4.69. The second-order valence-corrected chi connectivity index (χ2v) is 5.84. The summed E-state index contributed by atoms with van der Waals surface area (Å²) in [5, 5.41) is 0.822. The molecular weight excluding hydrogens is 250 g/mol. The maximum absolute atomic E-state index is 6.21. The van der Waals surface area contributed by atoms with Gasteiger partial charge in [-0.25, -0.2) is 0 Å². The first-order valence-electron chi connectivity index (χ1n) is 6.09. The first-order valence-corrected chi connectivity index (χ1v) is 7.45. The SMILES string of the molecule is NC(CSc1ccccc1Cl)C1=CCCCC1. The fourth-order valence-corrected chi connectivity index (χ4v) is 3.30. The van der Waals surface area contributed by atoms with Crippen molar-refractivity contribution in [2.75, 3.05) is 5.75 Å². The number of benzene rings is 1. The van der Waals surface area contributed by atoms with Gasteiger partial charge in [0, 0.05) is 16.7 Å². The van der Waals surface area contributed by atoms with Crippen molar-refractivity contribution in [3.63, 3.8) is 0 Å². The number of rotatable bonds is 4. The van der Waals surface area contributed by atoms with Crippen molar-refractivity contribution in [1.29, 1.82) is 0 Å². The van der Waals surface area contributed by atoms with Crippen LogP contribution in [-0.4, -0.2) is 11.8 Å². The summed E-state index contributed by atoms with van der Waals surface area (Å²) >= 11 is 7.87. The number of hydrogen-bond acceptors (Lipinski definition) is 2. The monoisotopic (exact) mass is 267 g/mol. The average Bonchev–Trinajstić information content (AvgIpc) is 2.38. The van der Waals surface area contributed by atoms with Gasteiger partial charge in [0.1, 0.15) is 0 Å². The standard InChI is InChI=1S/C14H18ClNS/c15-12-8-4-5-9-14(12)17-10-13(16)11-6-2-1-3-7-11/h4-6,8-9,13H,1-3,7,10,16H2. The molecule has 3 heteroatoms. The highest BCUT2D eigenvalue weighted by Gasteiger charge is 2.12. The second-order valence-electron chi connectivity index (χ2n) is 4.37. The van der Waals surface area contributed by atoms with Crippen LogP contribution in [0.15, 0.2) is 40.8 Å². The summed E-state index contributed by atoms with van der Waals surface area (Å²) in [5.74, 6) is 0.912. The summed E-state index contributed by atoms with van der Waals surface area (Å²) in [6.07, 6.45) is 7.29. The molecule has 0 spiro atoms. The number of halogens is 1. The van der Waals surface area contributed by atoms with Crippen LogP contribution in [0.2, 0.25) is 5.02 Å². The van der Waals surface area contributed by atoms with E-state index in [0.29, 0.717) is 0 Å². The van der Waals surface area contributed by atoms with Crippen molar-refractivity contribution in [2.45, 2.75) is 36.6 Å². The molecule has 2 rings (SSSR count). The van der Waals surface area contributed by atoms with Crippen LogP contribution in [0.3, 0.4) is 0 Å². The van der Waals surface area contributed by atoms with Crippen LogP contribution in [0.25, 0.3) is 0 Å². The van der Waals surface area contributed by atoms with Gasteiger partial charge in [-0.1, -0.05) is 35.4 Å². The summed E-state index contributed by atoms with van der Waals surface area (Å²) in [6, 6.07) is 8.12. The van der Waals surface area contributed by atoms with Crippen LogP contribution in [-0.2, 0) is 0 Å². The minimum atomic E-state index is 0.177. The molecule has 1 aliphatic carbocycles. The lowest BCUT2D eigenvalue weighted by molar-refractivity contribution is 0.656. The zero-order valence-corrected chi connectivity index (χ0v) is 11.4. The van der Waals surface area contributed by atoms with E-state index in [9.17, 15) is 0 Å². The van der Waals surface area contributed by atoms with Gasteiger partial charge >= 0.3 is 0 Å². The number of allylic oxidation sites excluding steroid dienone is 1. The van der Waals surface area contributed by atoms with Crippen LogP contribution in [0.5, 0.6) is 0 Å². The number of thioether (sulfide) groups is 1. The van der Waals surface area contributed by atoms with Gasteiger partial charge in [0.15, 0.2) is 0 Å². The van der Waals surface area contributed by atoms with Crippen molar-refractivity contribution in [3.8, 4) is 0 Å². The molecule has 0 heterocycles. The highest BCUT2D eigenvalue weighted by molar-refractivity contribution is 7.99. The normalized spacial score (nSPS) is 17.6. The van der Waals surface area contributed by atoms with Crippen molar-refractivity contribution >= 4 is 23.4 Å². The van der Waals surface area contributed by atoms with E-state index in [2.05, 4.69) is 12.1 Å². The highest BCUT2D eigenvalue weighted by atomic mass is 35.5. The van der Waals surface area contributed by atoms with Gasteiger partial charge in [0.05, 0.1) is 5.02 Å². The van der Waals surface area contributed by atoms with E-state index >= 15 is 0 Å². The van der Waals surface area contributed by atoms with Gasteiger partial charge in [0.2, 0.25) is 0 Å². The molecular formula is C14H18ClNS. The Bertz CT molecular complexity index is 403. The molecule has 0 fully saturated rings. The molecule has 1 aromatic rings. The van der Waals surface area contributed by atoms with Gasteiger partial charge in [0.25, 0.3) is 0 Å². The molecule has 1 atom stereocenters. The molecule has 0 saturated heterocycles. The van der Waals surface area contributed by atoms with Gasteiger partial charge in [-0.2, -0.15) is 0 Å². The Balaban J connectivity index is 1.89. The van der Waals surface area contributed by atoms with Gasteiger partial charge < -0.3 is 5.73 Å². The molecule has 2 N–H and O–H groups in total. The van der Waals surface area contributed by atoms with E-state index < -0.39 is 0 Å². The van der Waals surface area contributed by atoms with Crippen molar-refractivity contribution in [3.05, 3.63) is 40.9 Å². The van der Waals surface area contributed by atoms with Crippen LogP contribution < -0.4 is 5.73 Å². The molecule has 0 aliphatic heterocycles. The highest BCUT2D eigenvalue weighted by Crippen LogP contribution is 2.29. The third-order valence-electron chi connectivity index (χ3n) is 3.06. The fraction of sp³-hybridized carbons (Fsp3) is 0.429. The Morgan fingerprint density at radius 1 is 1.29 bits per heavy atom. The quantitative estimate of drug-likeness (QED) is 0.652. The second kappa shape index (κ2) is 6.48. The minimum absolute atomic E-state index is 0.177. The minimum Gasteiger partial charge on any atom is -0.324 e. The molecule has 0 aromatic heterocycles. The Hall–Kier alpha value is -0.440. The zero-order chi connectivity index (χ0) is 12.1. The Morgan fingerprint density at radius 2 is 2.12 bits per heavy atom. The molecule has 1 nitrogen and oxygen atoms in total. The summed E-state index contributed by atoms with van der Waals surface area (Å²) < 4.78 is 0. The average molecular weight is 268 g/mol. The van der Waals surface area contributed by atoms with E-state index in [1.54, 1.807) is 11.8 Å². The first-order chi connectivity index (χ1) is 8.27. The number of nitrogens with two attached hydrogens (primary N) is 1. The molecule has 0 saturated carbocycles. The summed E-state index contributed by atoms with van der Waals surface area (Å²) in [5.41, 5.74) is 7.64. The lowest BCUT2D eigenvalue weighted by atomic mass is 9.95. The van der Waals surface area contributed by atoms with E-state index in [-0.39, 0.29) is 6.04 Å². The lowest BCUT2D eigenvalue weighted by Gasteiger charge is -2.19. The maximum Gasteiger partial charge on any atom is 0.0541 e. The molecule has 1 aromatic carbocycles. The van der Waals surface area contributed by atoms with Gasteiger partial charge in [-0.3, -0.25) is 0 Å². The van der Waals surface area contributed by atoms with Crippen LogP contribution in [0.1, 0.15) is 25.7 Å². The van der Waals surface area contributed by atoms with E-state index in [0.717, 1.165) is 15.7 Å². The maximum atomic E-state index is 6.21. The fourth-order valence-electron chi connectivity index (χ4n) is 2.05. The molecule has 0 bridgehead atoms. The number of hydrogen-bond donors (Lipinski definition) is 1. The molecule has 0 amide bonds. The van der Waals surface area contributed by atoms with E-state index in [1.165, 1.54) is 31.3 Å². The van der Waals surface area contributed by atoms with Crippen molar-refractivity contribution in [2.24, 2.45) is 5.73 Å². The molecule has 17 heavy (non-hydrogen) atoms. The van der Waals surface area contributed by atoms with Crippen LogP contribution >= 0.6 is 23.4 Å². The lowest BCUT2D eigenvalue weighted by Crippen LogP contribution is -2.26. The third kappa shape index (κ3) is 3.77. The van der Waals surface area contributed by atoms with Crippen LogP contribution in [0.4, 0.5) is 0 Å². The Labute approximate surface area is 112 Å². The largest absolute Gasteiger partial charge is 0.324 e. The van der Waals surface area contributed by atoms with Gasteiger partial charge in [-0.15, -0.1) is 11.8 Å². The summed E-state index contributed by atoms with van der Waals surface area (Å²) in [4.78, 5) is 1.13. The van der Waals surface area contributed by atoms with E-state index in [4.69, 9.17) is 17.3 Å². The Morgan fingerprint density at radius 3 is 2.82 bits per heavy atom. The molecule has 0 radical (unpaired) electrons. The smallest absolute Gasteiger partial charge is 0.0541 e. The predicted octanol–water partition coefficient (Wildman–Crippen LogP) is 4.26. The summed E-state index contributed by atoms with van der Waals surface area (Å²) in [6.45, 7) is 0. The van der Waals surface area contributed by atoms with E-state index in [1.807, 2.05) is 18.2 Å². The Kier molecular flexibility index (Phi) is 4.96. The van der Waals surface area contributed by atoms with Crippen molar-refractivity contribution in [1.82, 2.24) is 0 Å². The zero-order valence-electron chi connectivity index (χ0n) is 9.86. The topological polar surface area (TPSA) is 26.0 Å². The molecule has 1 aliphatic rings. The first kappa shape index (κ1) is 13.0. The summed E-state index contributed by atoms with van der Waals surface area (Å²) in [7, 11) is 0. The van der Waals surface area contributed by atoms with Crippen LogP contribution in [0, 0.1) is 0 Å². The molecule has 1 unspecified atom stereocenters. The van der Waals surface area contributed by atoms with Gasteiger partial charge in [-0.05, 0) is 37.8 Å². The van der Waals surface area contributed by atoms with Crippen molar-refractivity contribution < 1.29 is 0 Å². The molecule has 92 valence electrons.